The molecule has 0 saturated carbocycles. The molecule has 0 rings (SSSR count). The van der Waals surface area contributed by atoms with Gasteiger partial charge in [-0.05, 0) is 5.92 Å². The largest absolute Gasteiger partial charge is 0.449 e. The summed E-state index contributed by atoms with van der Waals surface area (Å²) in [6, 6.07) is -0.174. The van der Waals surface area contributed by atoms with Crippen molar-refractivity contribution < 1.29 is 14.3 Å². The van der Waals surface area contributed by atoms with Crippen molar-refractivity contribution in [3.63, 3.8) is 0 Å². The fourth-order valence-electron chi connectivity index (χ4n) is 1.04. The van der Waals surface area contributed by atoms with Gasteiger partial charge in [0.1, 0.15) is 0 Å². The first-order chi connectivity index (χ1) is 6.97. The number of methoxy groups -OCH3 is 1. The topological polar surface area (TPSA) is 64.8 Å². The number of amides is 1. The van der Waals surface area contributed by atoms with Gasteiger partial charge in [0.15, 0.2) is 0 Å². The highest BCUT2D eigenvalue weighted by molar-refractivity contribution is 5.67. The van der Waals surface area contributed by atoms with E-state index in [0.717, 1.165) is 0 Å². The molecule has 1 unspecified atom stereocenters. The molecule has 0 fully saturated rings. The molecular formula is C10H22N2O3. The van der Waals surface area contributed by atoms with E-state index in [1.807, 2.05) is 13.8 Å². The van der Waals surface area contributed by atoms with Crippen molar-refractivity contribution in [3.8, 4) is 0 Å². The number of hydrogen-bond acceptors (Lipinski definition) is 4. The third-order valence-electron chi connectivity index (χ3n) is 1.74. The molecule has 0 radical (unpaired) electrons. The Morgan fingerprint density at radius 1 is 1.40 bits per heavy atom. The third-order valence-corrected chi connectivity index (χ3v) is 1.74. The van der Waals surface area contributed by atoms with Crippen LogP contribution >= 0.6 is 0 Å². The molecule has 5 nitrogen and oxygen atoms in total. The van der Waals surface area contributed by atoms with E-state index >= 15 is 0 Å². The first kappa shape index (κ1) is 14.2. The molecule has 1 atom stereocenters. The molecule has 90 valence electrons. The minimum Gasteiger partial charge on any atom is -0.449 e. The van der Waals surface area contributed by atoms with E-state index in [-0.39, 0.29) is 12.1 Å². The molecule has 2 N–H and O–H groups in total. The number of hydrogen-bond donors (Lipinski definition) is 1. The summed E-state index contributed by atoms with van der Waals surface area (Å²) < 4.78 is 9.91. The minimum atomic E-state index is -0.338. The second kappa shape index (κ2) is 7.48. The number of ether oxygens (including phenoxy) is 2. The Morgan fingerprint density at radius 3 is 2.47 bits per heavy atom. The second-order valence-corrected chi connectivity index (χ2v) is 4.07. The second-order valence-electron chi connectivity index (χ2n) is 4.07. The monoisotopic (exact) mass is 218 g/mol. The fraction of sp³-hybridized carbons (Fsp3) is 0.900. The maximum Gasteiger partial charge on any atom is 0.409 e. The van der Waals surface area contributed by atoms with E-state index in [1.165, 1.54) is 4.90 Å². The van der Waals surface area contributed by atoms with E-state index in [2.05, 4.69) is 0 Å². The van der Waals surface area contributed by atoms with Gasteiger partial charge in [-0.1, -0.05) is 13.8 Å². The van der Waals surface area contributed by atoms with Crippen molar-refractivity contribution >= 4 is 6.09 Å². The summed E-state index contributed by atoms with van der Waals surface area (Å²) in [5.74, 6) is 0.343. The van der Waals surface area contributed by atoms with Crippen molar-refractivity contribution in [2.24, 2.45) is 11.7 Å². The van der Waals surface area contributed by atoms with Crippen molar-refractivity contribution in [1.82, 2.24) is 4.90 Å². The standard InChI is InChI=1S/C10H22N2O3/c1-8(2)6-15-10(13)12(3)5-9(11)7-14-4/h8-9H,5-7,11H2,1-4H3. The van der Waals surface area contributed by atoms with E-state index in [4.69, 9.17) is 15.2 Å². The number of nitrogens with two attached hydrogens (primary N) is 1. The first-order valence-corrected chi connectivity index (χ1v) is 5.09. The summed E-state index contributed by atoms with van der Waals surface area (Å²) in [6.07, 6.45) is -0.338. The maximum atomic E-state index is 11.4. The van der Waals surface area contributed by atoms with Gasteiger partial charge in [0.05, 0.1) is 13.2 Å². The summed E-state index contributed by atoms with van der Waals surface area (Å²) >= 11 is 0. The van der Waals surface area contributed by atoms with Crippen molar-refractivity contribution in [2.45, 2.75) is 19.9 Å². The molecule has 0 aromatic rings. The molecule has 1 amide bonds. The van der Waals surface area contributed by atoms with Crippen LogP contribution < -0.4 is 5.73 Å². The number of nitrogens with zero attached hydrogens (tertiary/aromatic N) is 1. The quantitative estimate of drug-likeness (QED) is 0.712. The normalized spacial score (nSPS) is 12.7. The van der Waals surface area contributed by atoms with Gasteiger partial charge in [-0.3, -0.25) is 0 Å². The summed E-state index contributed by atoms with van der Waals surface area (Å²) in [4.78, 5) is 12.9. The van der Waals surface area contributed by atoms with Gasteiger partial charge in [-0.25, -0.2) is 4.79 Å². The molecule has 5 heteroatoms. The smallest absolute Gasteiger partial charge is 0.409 e. The third kappa shape index (κ3) is 7.16. The van der Waals surface area contributed by atoms with Crippen LogP contribution in [0.1, 0.15) is 13.8 Å². The lowest BCUT2D eigenvalue weighted by atomic mass is 10.2. The van der Waals surface area contributed by atoms with Crippen molar-refractivity contribution in [1.29, 1.82) is 0 Å². The molecule has 0 saturated heterocycles. The van der Waals surface area contributed by atoms with Crippen LogP contribution in [0, 0.1) is 5.92 Å². The van der Waals surface area contributed by atoms with Crippen LogP contribution in [0.5, 0.6) is 0 Å². The van der Waals surface area contributed by atoms with Gasteiger partial charge < -0.3 is 20.1 Å². The Bertz CT molecular complexity index is 186. The van der Waals surface area contributed by atoms with Gasteiger partial charge in [0.2, 0.25) is 0 Å². The van der Waals surface area contributed by atoms with Gasteiger partial charge in [0.25, 0.3) is 0 Å². The average molecular weight is 218 g/mol. The van der Waals surface area contributed by atoms with Crippen LogP contribution in [0.4, 0.5) is 4.79 Å². The molecule has 0 aromatic carbocycles. The number of likely N-dealkylation sites (N-methyl/N-ethyl adjacent to an activating group) is 1. The van der Waals surface area contributed by atoms with E-state index in [0.29, 0.717) is 25.7 Å². The lowest BCUT2D eigenvalue weighted by Gasteiger charge is -2.21. The molecule has 15 heavy (non-hydrogen) atoms. The number of rotatable bonds is 6. The highest BCUT2D eigenvalue weighted by atomic mass is 16.6. The Morgan fingerprint density at radius 2 is 2.00 bits per heavy atom. The van der Waals surface area contributed by atoms with Crippen molar-refractivity contribution in [3.05, 3.63) is 0 Å². The minimum absolute atomic E-state index is 0.174. The summed E-state index contributed by atoms with van der Waals surface area (Å²) in [5, 5.41) is 0. The summed E-state index contributed by atoms with van der Waals surface area (Å²) in [7, 11) is 3.25. The summed E-state index contributed by atoms with van der Waals surface area (Å²) in [6.45, 7) is 5.28. The number of carbonyl (C=O) groups is 1. The first-order valence-electron chi connectivity index (χ1n) is 5.09. The predicted molar refractivity (Wildman–Crippen MR) is 58.7 cm³/mol. The van der Waals surface area contributed by atoms with Crippen LogP contribution in [-0.2, 0) is 9.47 Å². The van der Waals surface area contributed by atoms with Crippen LogP contribution in [0.2, 0.25) is 0 Å². The molecule has 0 aromatic heterocycles. The predicted octanol–water partition coefficient (Wildman–Crippen LogP) is 0.684. The van der Waals surface area contributed by atoms with Crippen LogP contribution in [-0.4, -0.2) is 51.0 Å². The highest BCUT2D eigenvalue weighted by Crippen LogP contribution is 1.97. The Kier molecular flexibility index (Phi) is 7.07. The zero-order valence-corrected chi connectivity index (χ0v) is 10.0. The van der Waals surface area contributed by atoms with Crippen LogP contribution in [0.25, 0.3) is 0 Å². The van der Waals surface area contributed by atoms with Gasteiger partial charge >= 0.3 is 6.09 Å². The number of carbonyl (C=O) groups excluding carboxylic acids is 1. The molecule has 0 spiro atoms. The van der Waals surface area contributed by atoms with Gasteiger partial charge in [-0.15, -0.1) is 0 Å². The lowest BCUT2D eigenvalue weighted by molar-refractivity contribution is 0.0926. The van der Waals surface area contributed by atoms with Crippen molar-refractivity contribution in [2.75, 3.05) is 33.9 Å². The van der Waals surface area contributed by atoms with E-state index in [9.17, 15) is 4.79 Å². The Labute approximate surface area is 91.5 Å². The SMILES string of the molecule is COCC(N)CN(C)C(=O)OCC(C)C. The van der Waals surface area contributed by atoms with E-state index in [1.54, 1.807) is 14.2 Å². The average Bonchev–Trinajstić information content (AvgIpc) is 2.14. The molecular weight excluding hydrogens is 196 g/mol. The molecule has 0 heterocycles. The Hall–Kier alpha value is -0.810. The molecule has 0 bridgehead atoms. The molecule has 0 aliphatic heterocycles. The van der Waals surface area contributed by atoms with Crippen LogP contribution in [0.15, 0.2) is 0 Å². The zero-order chi connectivity index (χ0) is 11.8. The maximum absolute atomic E-state index is 11.4. The zero-order valence-electron chi connectivity index (χ0n) is 10.0. The summed E-state index contributed by atoms with van der Waals surface area (Å²) in [5.41, 5.74) is 5.70. The molecule has 0 aliphatic rings. The molecule has 0 aliphatic carbocycles. The van der Waals surface area contributed by atoms with E-state index < -0.39 is 0 Å². The Balaban J connectivity index is 3.78. The lowest BCUT2D eigenvalue weighted by Crippen LogP contribution is -2.41. The van der Waals surface area contributed by atoms with Gasteiger partial charge in [-0.2, -0.15) is 0 Å². The van der Waals surface area contributed by atoms with Crippen LogP contribution in [0.3, 0.4) is 0 Å². The fourth-order valence-corrected chi connectivity index (χ4v) is 1.04. The van der Waals surface area contributed by atoms with Gasteiger partial charge in [0, 0.05) is 26.7 Å². The highest BCUT2D eigenvalue weighted by Gasteiger charge is 2.13.